The van der Waals surface area contributed by atoms with E-state index >= 15 is 0 Å². The first-order valence-electron chi connectivity index (χ1n) is 8.72. The lowest BCUT2D eigenvalue weighted by molar-refractivity contribution is -0.129. The second-order valence-corrected chi connectivity index (χ2v) is 7.47. The molecule has 1 atom stereocenters. The van der Waals surface area contributed by atoms with Gasteiger partial charge in [0.2, 0.25) is 11.8 Å². The molecule has 2 saturated heterocycles. The van der Waals surface area contributed by atoms with Gasteiger partial charge in [-0.15, -0.1) is 0 Å². The smallest absolute Gasteiger partial charge is 0.246 e. The van der Waals surface area contributed by atoms with Crippen LogP contribution in [-0.4, -0.2) is 49.1 Å². The van der Waals surface area contributed by atoms with E-state index in [1.54, 1.807) is 11.0 Å². The van der Waals surface area contributed by atoms with Gasteiger partial charge in [0.05, 0.1) is 0 Å². The number of likely N-dealkylation sites (tertiary alicyclic amines) is 1. The Balaban J connectivity index is 1.47. The number of hydrogen-bond acceptors (Lipinski definition) is 3. The number of nitrogens with zero attached hydrogens (tertiary/aromatic N) is 1. The van der Waals surface area contributed by atoms with Gasteiger partial charge in [0.25, 0.3) is 0 Å². The second-order valence-electron chi connectivity index (χ2n) is 6.55. The molecule has 0 aromatic heterocycles. The molecule has 1 aromatic carbocycles. The quantitative estimate of drug-likeness (QED) is 0.781. The lowest BCUT2D eigenvalue weighted by atomic mass is 9.99. The van der Waals surface area contributed by atoms with Gasteiger partial charge in [-0.05, 0) is 43.0 Å². The van der Waals surface area contributed by atoms with Crippen LogP contribution in [0.5, 0.6) is 0 Å². The number of halogens is 1. The van der Waals surface area contributed by atoms with Crippen molar-refractivity contribution in [3.63, 3.8) is 0 Å². The summed E-state index contributed by atoms with van der Waals surface area (Å²) in [5.41, 5.74) is 0.986. The highest BCUT2D eigenvalue weighted by Gasteiger charge is 2.29. The van der Waals surface area contributed by atoms with Gasteiger partial charge >= 0.3 is 0 Å². The predicted octanol–water partition coefficient (Wildman–Crippen LogP) is 2.61. The number of amides is 2. The van der Waals surface area contributed by atoms with Crippen molar-refractivity contribution in [3.05, 3.63) is 40.4 Å². The van der Waals surface area contributed by atoms with E-state index < -0.39 is 0 Å². The van der Waals surface area contributed by atoms with Crippen LogP contribution in [0.15, 0.2) is 34.8 Å². The number of carbonyl (C=O) groups excluding carboxylic acids is 2. The molecule has 5 nitrogen and oxygen atoms in total. The highest BCUT2D eigenvalue weighted by atomic mass is 79.9. The molecule has 1 unspecified atom stereocenters. The molecule has 3 rings (SSSR count). The lowest BCUT2D eigenvalue weighted by Gasteiger charge is -2.23. The minimum Gasteiger partial charge on any atom is -0.381 e. The molecule has 2 aliphatic rings. The van der Waals surface area contributed by atoms with Crippen LogP contribution >= 0.6 is 15.9 Å². The summed E-state index contributed by atoms with van der Waals surface area (Å²) in [6.45, 7) is 2.59. The van der Waals surface area contributed by atoms with E-state index in [0.717, 1.165) is 29.3 Å². The van der Waals surface area contributed by atoms with Gasteiger partial charge in [0.1, 0.15) is 0 Å². The summed E-state index contributed by atoms with van der Waals surface area (Å²) in [5.74, 6) is 0.148. The fourth-order valence-electron chi connectivity index (χ4n) is 3.20. The van der Waals surface area contributed by atoms with Gasteiger partial charge in [0.15, 0.2) is 0 Å². The Morgan fingerprint density at radius 1 is 1.16 bits per heavy atom. The zero-order valence-corrected chi connectivity index (χ0v) is 15.7. The molecule has 134 valence electrons. The van der Waals surface area contributed by atoms with Gasteiger partial charge in [-0.1, -0.05) is 28.1 Å². The van der Waals surface area contributed by atoms with Crippen molar-refractivity contribution in [2.75, 3.05) is 26.3 Å². The van der Waals surface area contributed by atoms with E-state index in [1.165, 1.54) is 0 Å². The average molecular weight is 407 g/mol. The van der Waals surface area contributed by atoms with Gasteiger partial charge in [0, 0.05) is 48.8 Å². The molecule has 2 aliphatic heterocycles. The number of rotatable bonds is 4. The minimum atomic E-state index is -0.00858. The molecule has 1 aromatic rings. The van der Waals surface area contributed by atoms with Crippen LogP contribution in [0, 0.1) is 5.92 Å². The van der Waals surface area contributed by atoms with Crippen LogP contribution in [0.1, 0.15) is 24.8 Å². The molecule has 25 heavy (non-hydrogen) atoms. The monoisotopic (exact) mass is 406 g/mol. The Kier molecular flexibility index (Phi) is 6.26. The summed E-state index contributed by atoms with van der Waals surface area (Å²) < 4.78 is 6.31. The first-order valence-corrected chi connectivity index (χ1v) is 9.52. The summed E-state index contributed by atoms with van der Waals surface area (Å²) in [4.78, 5) is 26.4. The normalized spacial score (nSPS) is 21.6. The van der Waals surface area contributed by atoms with Crippen LogP contribution in [0.25, 0.3) is 6.08 Å². The maximum atomic E-state index is 12.3. The minimum absolute atomic E-state index is 0.00858. The number of carbonyl (C=O) groups is 2. The van der Waals surface area contributed by atoms with Gasteiger partial charge in [-0.2, -0.15) is 0 Å². The second kappa shape index (κ2) is 8.63. The van der Waals surface area contributed by atoms with Crippen molar-refractivity contribution < 1.29 is 14.3 Å². The molecule has 2 fully saturated rings. The first-order chi connectivity index (χ1) is 12.1. The molecule has 0 saturated carbocycles. The third kappa shape index (κ3) is 5.16. The van der Waals surface area contributed by atoms with E-state index in [1.807, 2.05) is 30.3 Å². The molecule has 0 aliphatic carbocycles. The Bertz CT molecular complexity index is 639. The molecule has 0 radical (unpaired) electrons. The standard InChI is InChI=1S/C19H23BrN2O3/c20-16-4-1-14(2-5-16)3-6-18(23)22-10-7-17(13-22)21-19(24)15-8-11-25-12-9-15/h1-6,15,17H,7-13H2,(H,21,24)/b6-3+. The summed E-state index contributed by atoms with van der Waals surface area (Å²) in [5, 5.41) is 3.10. The van der Waals surface area contributed by atoms with Gasteiger partial charge in [-0.3, -0.25) is 9.59 Å². The van der Waals surface area contributed by atoms with E-state index in [4.69, 9.17) is 4.74 Å². The summed E-state index contributed by atoms with van der Waals surface area (Å²) in [6, 6.07) is 7.85. The number of hydrogen-bond donors (Lipinski definition) is 1. The third-order valence-electron chi connectivity index (χ3n) is 4.73. The Morgan fingerprint density at radius 2 is 1.88 bits per heavy atom. The van der Waals surface area contributed by atoms with Crippen molar-refractivity contribution in [1.82, 2.24) is 10.2 Å². The fourth-order valence-corrected chi connectivity index (χ4v) is 3.47. The van der Waals surface area contributed by atoms with Gasteiger partial charge in [-0.25, -0.2) is 0 Å². The highest BCUT2D eigenvalue weighted by Crippen LogP contribution is 2.17. The van der Waals surface area contributed by atoms with Crippen molar-refractivity contribution in [2.45, 2.75) is 25.3 Å². The average Bonchev–Trinajstić information content (AvgIpc) is 3.10. The summed E-state index contributed by atoms with van der Waals surface area (Å²) in [7, 11) is 0. The Hall–Kier alpha value is -1.66. The zero-order chi connectivity index (χ0) is 17.6. The topological polar surface area (TPSA) is 58.6 Å². The van der Waals surface area contributed by atoms with Crippen LogP contribution in [-0.2, 0) is 14.3 Å². The van der Waals surface area contributed by atoms with Gasteiger partial charge < -0.3 is 15.0 Å². The van der Waals surface area contributed by atoms with Crippen molar-refractivity contribution in [3.8, 4) is 0 Å². The van der Waals surface area contributed by atoms with Crippen molar-refractivity contribution >= 4 is 33.8 Å². The first kappa shape index (κ1) is 18.1. The summed E-state index contributed by atoms with van der Waals surface area (Å²) >= 11 is 3.39. The zero-order valence-electron chi connectivity index (χ0n) is 14.1. The Morgan fingerprint density at radius 3 is 2.60 bits per heavy atom. The van der Waals surface area contributed by atoms with Crippen LogP contribution in [0.4, 0.5) is 0 Å². The fraction of sp³-hybridized carbons (Fsp3) is 0.474. The number of nitrogens with one attached hydrogen (secondary N) is 1. The molecule has 2 amide bonds. The maximum absolute atomic E-state index is 12.3. The largest absolute Gasteiger partial charge is 0.381 e. The molecule has 1 N–H and O–H groups in total. The van der Waals surface area contributed by atoms with Crippen LogP contribution in [0.3, 0.4) is 0 Å². The molecule has 0 bridgehead atoms. The van der Waals surface area contributed by atoms with Crippen molar-refractivity contribution in [2.24, 2.45) is 5.92 Å². The molecule has 0 spiro atoms. The highest BCUT2D eigenvalue weighted by molar-refractivity contribution is 9.10. The van der Waals surface area contributed by atoms with Crippen LogP contribution in [0.2, 0.25) is 0 Å². The Labute approximate surface area is 156 Å². The SMILES string of the molecule is O=C(NC1CCN(C(=O)/C=C/c2ccc(Br)cc2)C1)C1CCOCC1. The third-order valence-corrected chi connectivity index (χ3v) is 5.26. The van der Waals surface area contributed by atoms with E-state index in [2.05, 4.69) is 21.2 Å². The molecule has 2 heterocycles. The maximum Gasteiger partial charge on any atom is 0.246 e. The lowest BCUT2D eigenvalue weighted by Crippen LogP contribution is -2.42. The molecular formula is C19H23BrN2O3. The van der Waals surface area contributed by atoms with E-state index in [-0.39, 0.29) is 23.8 Å². The predicted molar refractivity (Wildman–Crippen MR) is 99.8 cm³/mol. The van der Waals surface area contributed by atoms with Crippen LogP contribution < -0.4 is 5.32 Å². The van der Waals surface area contributed by atoms with E-state index in [9.17, 15) is 9.59 Å². The van der Waals surface area contributed by atoms with E-state index in [0.29, 0.717) is 26.3 Å². The summed E-state index contributed by atoms with van der Waals surface area (Å²) in [6.07, 6.45) is 5.82. The number of ether oxygens (including phenoxy) is 1. The molecule has 6 heteroatoms. The number of benzene rings is 1. The molecular weight excluding hydrogens is 384 g/mol. The van der Waals surface area contributed by atoms with Crippen molar-refractivity contribution in [1.29, 1.82) is 0 Å².